The number of aromatic nitrogens is 2. The van der Waals surface area contributed by atoms with Crippen LogP contribution in [0.1, 0.15) is 75.7 Å². The number of hydrogen-bond acceptors (Lipinski definition) is 4. The molecule has 1 heterocycles. The highest BCUT2D eigenvalue weighted by atomic mass is 16.2. The average Bonchev–Trinajstić information content (AvgIpc) is 2.83. The molecule has 1 saturated carbocycles. The molecule has 2 rings (SSSR count). The molecule has 0 spiro atoms. The van der Waals surface area contributed by atoms with E-state index in [0.717, 1.165) is 44.6 Å². The SMILES string of the molecule is CCCN(CCC)c1ccc(C(=O)NC2CCCCCC2)nn1. The summed E-state index contributed by atoms with van der Waals surface area (Å²) in [5.41, 5.74) is 0.422. The van der Waals surface area contributed by atoms with Crippen molar-refractivity contribution < 1.29 is 4.79 Å². The maximum absolute atomic E-state index is 12.3. The third kappa shape index (κ3) is 5.48. The van der Waals surface area contributed by atoms with E-state index >= 15 is 0 Å². The van der Waals surface area contributed by atoms with Gasteiger partial charge in [-0.25, -0.2) is 0 Å². The van der Waals surface area contributed by atoms with Gasteiger partial charge in [0.15, 0.2) is 11.5 Å². The Kier molecular flexibility index (Phi) is 7.30. The van der Waals surface area contributed by atoms with Crippen LogP contribution in [0.15, 0.2) is 12.1 Å². The van der Waals surface area contributed by atoms with Gasteiger partial charge in [-0.3, -0.25) is 4.79 Å². The van der Waals surface area contributed by atoms with Crippen molar-refractivity contribution in [1.29, 1.82) is 0 Å². The van der Waals surface area contributed by atoms with Crippen molar-refractivity contribution in [2.24, 2.45) is 0 Å². The fraction of sp³-hybridized carbons (Fsp3) is 0.722. The largest absolute Gasteiger partial charge is 0.355 e. The summed E-state index contributed by atoms with van der Waals surface area (Å²) in [6.45, 7) is 6.25. The molecule has 1 N–H and O–H groups in total. The summed E-state index contributed by atoms with van der Waals surface area (Å²) in [5.74, 6) is 0.771. The summed E-state index contributed by atoms with van der Waals surface area (Å²) in [6, 6.07) is 4.01. The summed E-state index contributed by atoms with van der Waals surface area (Å²) in [4.78, 5) is 14.6. The van der Waals surface area contributed by atoms with Gasteiger partial charge in [-0.15, -0.1) is 10.2 Å². The van der Waals surface area contributed by atoms with Crippen LogP contribution >= 0.6 is 0 Å². The molecule has 1 aromatic heterocycles. The third-order valence-electron chi connectivity index (χ3n) is 4.38. The van der Waals surface area contributed by atoms with Crippen LogP contribution in [0.4, 0.5) is 5.82 Å². The Balaban J connectivity index is 1.95. The molecular weight excluding hydrogens is 288 g/mol. The second-order valence-corrected chi connectivity index (χ2v) is 6.43. The molecule has 0 saturated heterocycles. The maximum Gasteiger partial charge on any atom is 0.272 e. The van der Waals surface area contributed by atoms with E-state index < -0.39 is 0 Å². The molecule has 5 nitrogen and oxygen atoms in total. The van der Waals surface area contributed by atoms with Crippen LogP contribution in [0.25, 0.3) is 0 Å². The van der Waals surface area contributed by atoms with E-state index in [4.69, 9.17) is 0 Å². The number of nitrogens with one attached hydrogen (secondary N) is 1. The predicted octanol–water partition coefficient (Wildman–Crippen LogP) is 3.56. The summed E-state index contributed by atoms with van der Waals surface area (Å²) < 4.78 is 0. The molecule has 0 atom stereocenters. The predicted molar refractivity (Wildman–Crippen MR) is 93.8 cm³/mol. The van der Waals surface area contributed by atoms with Gasteiger partial charge in [0.25, 0.3) is 5.91 Å². The lowest BCUT2D eigenvalue weighted by Crippen LogP contribution is -2.35. The molecular formula is C18H30N4O. The summed E-state index contributed by atoms with van der Waals surface area (Å²) in [7, 11) is 0. The second kappa shape index (κ2) is 9.48. The van der Waals surface area contributed by atoms with Gasteiger partial charge < -0.3 is 10.2 Å². The van der Waals surface area contributed by atoms with Crippen LogP contribution in [-0.4, -0.2) is 35.2 Å². The molecule has 128 valence electrons. The van der Waals surface area contributed by atoms with Crippen LogP contribution in [0, 0.1) is 0 Å². The molecule has 0 aromatic carbocycles. The number of nitrogens with zero attached hydrogens (tertiary/aromatic N) is 3. The van der Waals surface area contributed by atoms with Crippen LogP contribution in [-0.2, 0) is 0 Å². The van der Waals surface area contributed by atoms with Gasteiger partial charge in [0.1, 0.15) is 0 Å². The zero-order chi connectivity index (χ0) is 16.5. The van der Waals surface area contributed by atoms with E-state index in [-0.39, 0.29) is 5.91 Å². The normalized spacial score (nSPS) is 15.9. The molecule has 0 bridgehead atoms. The first-order valence-electron chi connectivity index (χ1n) is 9.14. The first kappa shape index (κ1) is 17.7. The van der Waals surface area contributed by atoms with Crippen molar-refractivity contribution in [2.75, 3.05) is 18.0 Å². The Morgan fingerprint density at radius 3 is 2.26 bits per heavy atom. The van der Waals surface area contributed by atoms with E-state index in [0.29, 0.717) is 11.7 Å². The highest BCUT2D eigenvalue weighted by molar-refractivity contribution is 5.92. The Morgan fingerprint density at radius 1 is 1.09 bits per heavy atom. The molecule has 0 radical (unpaired) electrons. The molecule has 1 fully saturated rings. The van der Waals surface area contributed by atoms with Crippen LogP contribution < -0.4 is 10.2 Å². The topological polar surface area (TPSA) is 58.1 Å². The molecule has 1 aliphatic rings. The quantitative estimate of drug-likeness (QED) is 0.781. The Hall–Kier alpha value is -1.65. The van der Waals surface area contributed by atoms with Crippen LogP contribution in [0.5, 0.6) is 0 Å². The van der Waals surface area contributed by atoms with Crippen LogP contribution in [0.2, 0.25) is 0 Å². The van der Waals surface area contributed by atoms with Gasteiger partial charge in [0, 0.05) is 19.1 Å². The lowest BCUT2D eigenvalue weighted by Gasteiger charge is -2.22. The molecule has 1 aromatic rings. The number of amides is 1. The number of carbonyl (C=O) groups excluding carboxylic acids is 1. The number of hydrogen-bond donors (Lipinski definition) is 1. The first-order chi connectivity index (χ1) is 11.2. The number of carbonyl (C=O) groups is 1. The average molecular weight is 318 g/mol. The van der Waals surface area contributed by atoms with Crippen molar-refractivity contribution in [3.63, 3.8) is 0 Å². The minimum Gasteiger partial charge on any atom is -0.355 e. The number of anilines is 1. The molecule has 0 aliphatic heterocycles. The Morgan fingerprint density at radius 2 is 1.74 bits per heavy atom. The van der Waals surface area contributed by atoms with Gasteiger partial charge in [0.2, 0.25) is 0 Å². The van der Waals surface area contributed by atoms with Gasteiger partial charge in [0.05, 0.1) is 0 Å². The summed E-state index contributed by atoms with van der Waals surface area (Å²) in [6.07, 6.45) is 9.29. The third-order valence-corrected chi connectivity index (χ3v) is 4.38. The van der Waals surface area contributed by atoms with E-state index in [1.165, 1.54) is 25.7 Å². The van der Waals surface area contributed by atoms with E-state index in [2.05, 4.69) is 34.3 Å². The Bertz CT molecular complexity index is 460. The van der Waals surface area contributed by atoms with E-state index in [1.54, 1.807) is 6.07 Å². The molecule has 0 unspecified atom stereocenters. The molecule has 5 heteroatoms. The van der Waals surface area contributed by atoms with Gasteiger partial charge in [-0.2, -0.15) is 0 Å². The van der Waals surface area contributed by atoms with Crippen molar-refractivity contribution in [1.82, 2.24) is 15.5 Å². The molecule has 23 heavy (non-hydrogen) atoms. The smallest absolute Gasteiger partial charge is 0.272 e. The molecule has 1 aliphatic carbocycles. The van der Waals surface area contributed by atoms with Crippen molar-refractivity contribution in [3.05, 3.63) is 17.8 Å². The lowest BCUT2D eigenvalue weighted by atomic mass is 10.1. The maximum atomic E-state index is 12.3. The minimum absolute atomic E-state index is 0.0894. The minimum atomic E-state index is -0.0894. The van der Waals surface area contributed by atoms with Gasteiger partial charge in [-0.1, -0.05) is 39.5 Å². The fourth-order valence-electron chi connectivity index (χ4n) is 3.18. The fourth-order valence-corrected chi connectivity index (χ4v) is 3.18. The summed E-state index contributed by atoms with van der Waals surface area (Å²) in [5, 5.41) is 11.5. The van der Waals surface area contributed by atoms with Crippen molar-refractivity contribution >= 4 is 11.7 Å². The van der Waals surface area contributed by atoms with Gasteiger partial charge in [-0.05, 0) is 37.8 Å². The number of rotatable bonds is 7. The molecule has 1 amide bonds. The van der Waals surface area contributed by atoms with Crippen molar-refractivity contribution in [2.45, 2.75) is 71.3 Å². The lowest BCUT2D eigenvalue weighted by molar-refractivity contribution is 0.0927. The Labute approximate surface area is 139 Å². The van der Waals surface area contributed by atoms with E-state index in [1.807, 2.05) is 6.07 Å². The standard InChI is InChI=1S/C18H30N4O/c1-3-13-22(14-4-2)17-12-11-16(20-21-17)18(23)19-15-9-7-5-6-8-10-15/h11-12,15H,3-10,13-14H2,1-2H3,(H,19,23). The second-order valence-electron chi connectivity index (χ2n) is 6.43. The zero-order valence-electron chi connectivity index (χ0n) is 14.6. The monoisotopic (exact) mass is 318 g/mol. The van der Waals surface area contributed by atoms with Crippen molar-refractivity contribution in [3.8, 4) is 0 Å². The highest BCUT2D eigenvalue weighted by Gasteiger charge is 2.17. The summed E-state index contributed by atoms with van der Waals surface area (Å²) >= 11 is 0. The van der Waals surface area contributed by atoms with Crippen LogP contribution in [0.3, 0.4) is 0 Å². The van der Waals surface area contributed by atoms with Gasteiger partial charge >= 0.3 is 0 Å². The first-order valence-corrected chi connectivity index (χ1v) is 9.14. The zero-order valence-corrected chi connectivity index (χ0v) is 14.6. The van der Waals surface area contributed by atoms with E-state index in [9.17, 15) is 4.79 Å². The highest BCUT2D eigenvalue weighted by Crippen LogP contribution is 2.17.